The third kappa shape index (κ3) is 6.04. The minimum absolute atomic E-state index is 0.101. The van der Waals surface area contributed by atoms with Crippen LogP contribution in [0.5, 0.6) is 0 Å². The van der Waals surface area contributed by atoms with Crippen molar-refractivity contribution >= 4 is 6.71 Å². The van der Waals surface area contributed by atoms with Crippen molar-refractivity contribution in [2.24, 2.45) is 5.41 Å². The van der Waals surface area contributed by atoms with Crippen LogP contribution in [-0.2, 0) is 4.74 Å². The summed E-state index contributed by atoms with van der Waals surface area (Å²) in [6, 6.07) is 0. The quantitative estimate of drug-likeness (QED) is 0.717. The molecule has 0 spiro atoms. The van der Waals surface area contributed by atoms with Crippen LogP contribution in [0, 0.1) is 16.6 Å². The lowest BCUT2D eigenvalue weighted by molar-refractivity contribution is -0.0263. The van der Waals surface area contributed by atoms with E-state index in [0.29, 0.717) is 0 Å². The maximum Gasteiger partial charge on any atom is 0.270 e. The maximum absolute atomic E-state index is 9.01. The third-order valence-corrected chi connectivity index (χ3v) is 5.34. The molecule has 2 rings (SSSR count). The van der Waals surface area contributed by atoms with Gasteiger partial charge in [0.2, 0.25) is 0 Å². The van der Waals surface area contributed by atoms with E-state index in [-0.39, 0.29) is 17.7 Å². The lowest BCUT2D eigenvalue weighted by Crippen LogP contribution is -2.55. The Hall–Kier alpha value is -0.605. The lowest BCUT2D eigenvalue weighted by atomic mass is 9.45. The molecule has 1 N–H and O–H groups in total. The van der Waals surface area contributed by atoms with Gasteiger partial charge in [0.05, 0.1) is 13.2 Å². The van der Waals surface area contributed by atoms with Crippen LogP contribution in [0.3, 0.4) is 0 Å². The fraction of sp³-hybridized carbons (Fsp3) is 0.944. The van der Waals surface area contributed by atoms with Gasteiger partial charge >= 0.3 is 0 Å². The van der Waals surface area contributed by atoms with E-state index in [4.69, 9.17) is 10.00 Å². The van der Waals surface area contributed by atoms with Crippen LogP contribution in [-0.4, -0.2) is 81.1 Å². The number of ether oxygens (including phenoxy) is 1. The van der Waals surface area contributed by atoms with Crippen LogP contribution in [0.25, 0.3) is 0 Å². The molecule has 0 aromatic heterocycles. The highest BCUT2D eigenvalue weighted by Crippen LogP contribution is 2.23. The van der Waals surface area contributed by atoms with E-state index >= 15 is 0 Å². The van der Waals surface area contributed by atoms with Crippen molar-refractivity contribution in [2.45, 2.75) is 45.9 Å². The van der Waals surface area contributed by atoms with Gasteiger partial charge in [0.15, 0.2) is 0 Å². The third-order valence-electron chi connectivity index (χ3n) is 5.34. The molecule has 0 bridgehead atoms. The second kappa shape index (κ2) is 8.67. The Balaban J connectivity index is 1.71. The average molecular weight is 334 g/mol. The van der Waals surface area contributed by atoms with Gasteiger partial charge in [-0.15, -0.1) is 0 Å². The van der Waals surface area contributed by atoms with E-state index in [0.717, 1.165) is 71.7 Å². The predicted octanol–water partition coefficient (Wildman–Crippen LogP) is 1.59. The van der Waals surface area contributed by atoms with Crippen molar-refractivity contribution in [3.05, 3.63) is 0 Å². The molecule has 0 radical (unpaired) electrons. The summed E-state index contributed by atoms with van der Waals surface area (Å²) >= 11 is 0. The van der Waals surface area contributed by atoms with Gasteiger partial charge in [-0.2, -0.15) is 0 Å². The predicted molar refractivity (Wildman–Crippen MR) is 101 cm³/mol. The summed E-state index contributed by atoms with van der Waals surface area (Å²) in [5.74, 6) is 2.41. The van der Waals surface area contributed by atoms with Crippen LogP contribution in [0.2, 0.25) is 12.6 Å². The first-order chi connectivity index (χ1) is 11.3. The van der Waals surface area contributed by atoms with Crippen molar-refractivity contribution < 1.29 is 4.74 Å². The molecule has 0 unspecified atom stereocenters. The summed E-state index contributed by atoms with van der Waals surface area (Å²) in [5.41, 5.74) is 0.252. The molecular formula is C18H35BN4O. The van der Waals surface area contributed by atoms with Gasteiger partial charge in [-0.1, -0.05) is 13.8 Å². The minimum Gasteiger partial charge on any atom is -0.379 e. The summed E-state index contributed by atoms with van der Waals surface area (Å²) in [7, 11) is 0. The Morgan fingerprint density at radius 1 is 1.04 bits per heavy atom. The lowest BCUT2D eigenvalue weighted by Gasteiger charge is -2.42. The molecule has 2 aliphatic heterocycles. The van der Waals surface area contributed by atoms with E-state index < -0.39 is 0 Å². The Morgan fingerprint density at radius 2 is 1.67 bits per heavy atom. The summed E-state index contributed by atoms with van der Waals surface area (Å²) < 4.78 is 6.16. The molecule has 2 fully saturated rings. The number of rotatable bonds is 7. The maximum atomic E-state index is 9.01. The fourth-order valence-corrected chi connectivity index (χ4v) is 3.81. The Bertz CT molecular complexity index is 421. The topological polar surface area (TPSA) is 51.5 Å². The first kappa shape index (κ1) is 19.7. The zero-order valence-corrected chi connectivity index (χ0v) is 16.1. The van der Waals surface area contributed by atoms with Crippen LogP contribution in [0.4, 0.5) is 0 Å². The van der Waals surface area contributed by atoms with Crippen molar-refractivity contribution in [2.75, 3.05) is 59.0 Å². The second-order valence-electron chi connectivity index (χ2n) is 8.89. The normalized spacial score (nSPS) is 21.7. The Labute approximate surface area is 148 Å². The smallest absolute Gasteiger partial charge is 0.270 e. The Morgan fingerprint density at radius 3 is 2.25 bits per heavy atom. The molecule has 2 aliphatic rings. The van der Waals surface area contributed by atoms with Crippen molar-refractivity contribution in [3.8, 4) is 5.97 Å². The van der Waals surface area contributed by atoms with E-state index in [2.05, 4.69) is 48.8 Å². The number of nitriles is 1. The van der Waals surface area contributed by atoms with Gasteiger partial charge in [-0.05, 0) is 39.6 Å². The molecule has 24 heavy (non-hydrogen) atoms. The van der Waals surface area contributed by atoms with Gasteiger partial charge in [0, 0.05) is 49.6 Å². The van der Waals surface area contributed by atoms with Crippen molar-refractivity contribution in [1.82, 2.24) is 15.1 Å². The number of piperazine rings is 1. The molecule has 2 heterocycles. The SMILES string of the molecule is CC(C)(COCC(C)(C)N1CCNCC1)CN1CCB(C#N)CC1. The van der Waals surface area contributed by atoms with Crippen molar-refractivity contribution in [3.63, 3.8) is 0 Å². The zero-order valence-electron chi connectivity index (χ0n) is 16.1. The van der Waals surface area contributed by atoms with E-state index in [1.807, 2.05) is 0 Å². The number of nitrogens with zero attached hydrogens (tertiary/aromatic N) is 3. The molecule has 5 nitrogen and oxygen atoms in total. The van der Waals surface area contributed by atoms with Gasteiger partial charge in [0.25, 0.3) is 6.71 Å². The first-order valence-corrected chi connectivity index (χ1v) is 9.48. The molecule has 136 valence electrons. The van der Waals surface area contributed by atoms with Crippen molar-refractivity contribution in [1.29, 1.82) is 5.26 Å². The molecule has 0 amide bonds. The van der Waals surface area contributed by atoms with Crippen LogP contribution in [0.1, 0.15) is 27.7 Å². The van der Waals surface area contributed by atoms with Gasteiger partial charge in [-0.25, -0.2) is 5.26 Å². The molecule has 0 aromatic carbocycles. The number of hydrogen-bond acceptors (Lipinski definition) is 5. The monoisotopic (exact) mass is 334 g/mol. The zero-order chi connectivity index (χ0) is 17.6. The number of nitrogens with one attached hydrogen (secondary N) is 1. The highest BCUT2D eigenvalue weighted by molar-refractivity contribution is 6.67. The van der Waals surface area contributed by atoms with Crippen LogP contribution in [0.15, 0.2) is 0 Å². The average Bonchev–Trinajstić information content (AvgIpc) is 2.55. The molecular weight excluding hydrogens is 299 g/mol. The molecule has 0 aliphatic carbocycles. The van der Waals surface area contributed by atoms with Gasteiger partial charge in [0.1, 0.15) is 0 Å². The fourth-order valence-electron chi connectivity index (χ4n) is 3.81. The second-order valence-corrected chi connectivity index (χ2v) is 8.89. The Kier molecular flexibility index (Phi) is 7.12. The van der Waals surface area contributed by atoms with Crippen LogP contribution < -0.4 is 5.32 Å². The van der Waals surface area contributed by atoms with E-state index in [1.54, 1.807) is 0 Å². The van der Waals surface area contributed by atoms with Gasteiger partial charge in [-0.3, -0.25) is 4.90 Å². The minimum atomic E-state index is 0.101. The van der Waals surface area contributed by atoms with E-state index in [1.165, 1.54) is 0 Å². The summed E-state index contributed by atoms with van der Waals surface area (Å²) in [5, 5.41) is 12.4. The molecule has 0 aromatic rings. The highest BCUT2D eigenvalue weighted by atomic mass is 16.5. The molecule has 0 atom stereocenters. The molecule has 6 heteroatoms. The summed E-state index contributed by atoms with van der Waals surface area (Å²) in [4.78, 5) is 5.03. The summed E-state index contributed by atoms with van der Waals surface area (Å²) in [6.45, 7) is 18.5. The van der Waals surface area contributed by atoms with Gasteiger partial charge < -0.3 is 15.0 Å². The largest absolute Gasteiger partial charge is 0.379 e. The van der Waals surface area contributed by atoms with Crippen LogP contribution >= 0.6 is 0 Å². The first-order valence-electron chi connectivity index (χ1n) is 9.48. The molecule has 0 saturated carbocycles. The highest BCUT2D eigenvalue weighted by Gasteiger charge is 2.31. The van der Waals surface area contributed by atoms with E-state index in [9.17, 15) is 0 Å². The standard InChI is InChI=1S/C18H35BN4O/c1-17(2,13-22-9-5-19(16-20)6-10-22)14-24-15-18(3,4)23-11-7-21-8-12-23/h21H,5-15H2,1-4H3. The molecule has 2 saturated heterocycles. The number of hydrogen-bond donors (Lipinski definition) is 1. The summed E-state index contributed by atoms with van der Waals surface area (Å²) in [6.07, 6.45) is 2.03.